The van der Waals surface area contributed by atoms with Crippen molar-refractivity contribution in [1.82, 2.24) is 0 Å². The molecule has 2 atom stereocenters. The third-order valence-corrected chi connectivity index (χ3v) is 2.39. The first-order valence-electron chi connectivity index (χ1n) is 4.45. The van der Waals surface area contributed by atoms with Gasteiger partial charge in [0.2, 0.25) is 0 Å². The van der Waals surface area contributed by atoms with E-state index in [0.29, 0.717) is 18.1 Å². The smallest absolute Gasteiger partial charge is 0.143 e. The van der Waals surface area contributed by atoms with Crippen molar-refractivity contribution in [1.29, 1.82) is 0 Å². The van der Waals surface area contributed by atoms with Crippen molar-refractivity contribution in [2.75, 3.05) is 0 Å². The number of rotatable bonds is 3. The lowest BCUT2D eigenvalue weighted by atomic mass is 9.89. The summed E-state index contributed by atoms with van der Waals surface area (Å²) in [6, 6.07) is 0. The van der Waals surface area contributed by atoms with Crippen molar-refractivity contribution in [3.8, 4) is 0 Å². The van der Waals surface area contributed by atoms with Gasteiger partial charge in [-0.2, -0.15) is 0 Å². The van der Waals surface area contributed by atoms with E-state index < -0.39 is 0 Å². The molecule has 0 amide bonds. The molecule has 11 heavy (non-hydrogen) atoms. The van der Waals surface area contributed by atoms with E-state index in [1.54, 1.807) is 0 Å². The van der Waals surface area contributed by atoms with Crippen molar-refractivity contribution in [2.45, 2.75) is 33.1 Å². The summed E-state index contributed by atoms with van der Waals surface area (Å²) in [7, 11) is 0. The summed E-state index contributed by atoms with van der Waals surface area (Å²) in [5.74, 6) is 1.19. The van der Waals surface area contributed by atoms with Crippen LogP contribution in [0.1, 0.15) is 33.1 Å². The van der Waals surface area contributed by atoms with Crippen LogP contribution in [0.4, 0.5) is 0 Å². The van der Waals surface area contributed by atoms with Gasteiger partial charge in [0, 0.05) is 12.3 Å². The molecule has 0 aromatic rings. The maximum atomic E-state index is 11.2. The van der Waals surface area contributed by atoms with Crippen LogP contribution in [0.3, 0.4) is 0 Å². The quantitative estimate of drug-likeness (QED) is 0.568. The summed E-state index contributed by atoms with van der Waals surface area (Å²) in [5, 5.41) is 0. The maximum absolute atomic E-state index is 11.2. The highest BCUT2D eigenvalue weighted by molar-refractivity contribution is 5.86. The largest absolute Gasteiger partial charge is 0.299 e. The average Bonchev–Trinajstić information content (AvgIpc) is 2.36. The molecule has 0 spiro atoms. The fraction of sp³-hybridized carbons (Fsp3) is 0.700. The second-order valence-electron chi connectivity index (χ2n) is 3.39. The molecule has 2 unspecified atom stereocenters. The molecule has 0 saturated heterocycles. The molecule has 0 aromatic heterocycles. The van der Waals surface area contributed by atoms with Crippen LogP contribution in [0.25, 0.3) is 0 Å². The number of Topliss-reactive ketones (excluding diaryl/α,β-unsaturated/α-hetero) is 1. The number of hydrogen-bond acceptors (Lipinski definition) is 1. The number of hydrogen-bond donors (Lipinski definition) is 0. The molecule has 1 aliphatic carbocycles. The standard InChI is InChI=1S/C10H16O/c1-3-5-8(2)9-6-4-7-10(9)11/h4,6,8-9H,3,5,7H2,1-2H3. The van der Waals surface area contributed by atoms with Gasteiger partial charge in [0.25, 0.3) is 0 Å². The molecule has 0 fully saturated rings. The lowest BCUT2D eigenvalue weighted by molar-refractivity contribution is -0.121. The predicted molar refractivity (Wildman–Crippen MR) is 46.3 cm³/mol. The molecule has 1 aliphatic rings. The van der Waals surface area contributed by atoms with Gasteiger partial charge in [-0.15, -0.1) is 0 Å². The number of carbonyl (C=O) groups excluding carboxylic acids is 1. The number of carbonyl (C=O) groups is 1. The van der Waals surface area contributed by atoms with Crippen LogP contribution in [0.2, 0.25) is 0 Å². The second-order valence-corrected chi connectivity index (χ2v) is 3.39. The molecule has 1 nitrogen and oxygen atoms in total. The van der Waals surface area contributed by atoms with Crippen molar-refractivity contribution in [3.63, 3.8) is 0 Å². The molecular formula is C10H16O. The van der Waals surface area contributed by atoms with E-state index in [9.17, 15) is 4.79 Å². The third kappa shape index (κ3) is 1.92. The fourth-order valence-electron chi connectivity index (χ4n) is 1.72. The van der Waals surface area contributed by atoms with E-state index in [2.05, 4.69) is 19.9 Å². The van der Waals surface area contributed by atoms with E-state index in [1.165, 1.54) is 12.8 Å². The Morgan fingerprint density at radius 2 is 2.45 bits per heavy atom. The Labute approximate surface area is 68.5 Å². The van der Waals surface area contributed by atoms with Gasteiger partial charge in [-0.25, -0.2) is 0 Å². The molecule has 0 heterocycles. The normalized spacial score (nSPS) is 26.0. The van der Waals surface area contributed by atoms with E-state index in [0.717, 1.165) is 0 Å². The van der Waals surface area contributed by atoms with Gasteiger partial charge in [0.15, 0.2) is 0 Å². The highest BCUT2D eigenvalue weighted by atomic mass is 16.1. The Balaban J connectivity index is 2.45. The lowest BCUT2D eigenvalue weighted by Gasteiger charge is -2.14. The van der Waals surface area contributed by atoms with Crippen LogP contribution >= 0.6 is 0 Å². The monoisotopic (exact) mass is 152 g/mol. The Bertz CT molecular complexity index is 170. The number of allylic oxidation sites excluding steroid dienone is 2. The van der Waals surface area contributed by atoms with Gasteiger partial charge in [-0.3, -0.25) is 4.79 Å². The Morgan fingerprint density at radius 1 is 1.73 bits per heavy atom. The SMILES string of the molecule is CCCC(C)C1C=CCC1=O. The molecule has 1 heteroatoms. The summed E-state index contributed by atoms with van der Waals surface area (Å²) in [5.41, 5.74) is 0. The Morgan fingerprint density at radius 3 is 2.91 bits per heavy atom. The zero-order valence-electron chi connectivity index (χ0n) is 7.34. The van der Waals surface area contributed by atoms with Crippen molar-refractivity contribution < 1.29 is 4.79 Å². The molecule has 62 valence electrons. The van der Waals surface area contributed by atoms with E-state index in [1.807, 2.05) is 6.08 Å². The summed E-state index contributed by atoms with van der Waals surface area (Å²) >= 11 is 0. The minimum absolute atomic E-state index is 0.231. The van der Waals surface area contributed by atoms with Crippen molar-refractivity contribution >= 4 is 5.78 Å². The van der Waals surface area contributed by atoms with Crippen LogP contribution in [-0.4, -0.2) is 5.78 Å². The summed E-state index contributed by atoms with van der Waals surface area (Å²) in [6.07, 6.45) is 7.08. The molecule has 0 radical (unpaired) electrons. The Kier molecular flexibility index (Phi) is 2.86. The molecule has 0 aromatic carbocycles. The fourth-order valence-corrected chi connectivity index (χ4v) is 1.72. The molecular weight excluding hydrogens is 136 g/mol. The Hall–Kier alpha value is -0.590. The van der Waals surface area contributed by atoms with Crippen molar-refractivity contribution in [3.05, 3.63) is 12.2 Å². The average molecular weight is 152 g/mol. The van der Waals surface area contributed by atoms with E-state index in [4.69, 9.17) is 0 Å². The molecule has 0 aliphatic heterocycles. The third-order valence-electron chi connectivity index (χ3n) is 2.39. The minimum Gasteiger partial charge on any atom is -0.299 e. The van der Waals surface area contributed by atoms with Gasteiger partial charge in [-0.1, -0.05) is 32.4 Å². The molecule has 1 rings (SSSR count). The zero-order chi connectivity index (χ0) is 8.27. The van der Waals surface area contributed by atoms with Gasteiger partial charge in [0.1, 0.15) is 5.78 Å². The van der Waals surface area contributed by atoms with Crippen LogP contribution in [0.5, 0.6) is 0 Å². The van der Waals surface area contributed by atoms with Crippen LogP contribution in [0, 0.1) is 11.8 Å². The van der Waals surface area contributed by atoms with Crippen LogP contribution in [0.15, 0.2) is 12.2 Å². The maximum Gasteiger partial charge on any atom is 0.143 e. The first-order valence-corrected chi connectivity index (χ1v) is 4.45. The predicted octanol–water partition coefficient (Wildman–Crippen LogP) is 2.57. The summed E-state index contributed by atoms with van der Waals surface area (Å²) in [6.45, 7) is 4.33. The first-order chi connectivity index (χ1) is 5.25. The highest BCUT2D eigenvalue weighted by Crippen LogP contribution is 2.24. The summed E-state index contributed by atoms with van der Waals surface area (Å²) in [4.78, 5) is 11.2. The second kappa shape index (κ2) is 3.70. The van der Waals surface area contributed by atoms with Gasteiger partial charge in [-0.05, 0) is 12.3 Å². The van der Waals surface area contributed by atoms with Gasteiger partial charge in [0.05, 0.1) is 0 Å². The van der Waals surface area contributed by atoms with E-state index >= 15 is 0 Å². The zero-order valence-corrected chi connectivity index (χ0v) is 7.34. The topological polar surface area (TPSA) is 17.1 Å². The lowest BCUT2D eigenvalue weighted by Crippen LogP contribution is -2.15. The van der Waals surface area contributed by atoms with E-state index in [-0.39, 0.29) is 5.92 Å². The molecule has 0 saturated carbocycles. The molecule has 0 N–H and O–H groups in total. The number of ketones is 1. The van der Waals surface area contributed by atoms with Gasteiger partial charge < -0.3 is 0 Å². The van der Waals surface area contributed by atoms with Crippen LogP contribution < -0.4 is 0 Å². The van der Waals surface area contributed by atoms with Crippen LogP contribution in [-0.2, 0) is 4.79 Å². The minimum atomic E-state index is 0.231. The van der Waals surface area contributed by atoms with Gasteiger partial charge >= 0.3 is 0 Å². The summed E-state index contributed by atoms with van der Waals surface area (Å²) < 4.78 is 0. The van der Waals surface area contributed by atoms with Crippen molar-refractivity contribution in [2.24, 2.45) is 11.8 Å². The highest BCUT2D eigenvalue weighted by Gasteiger charge is 2.23. The first kappa shape index (κ1) is 8.51. The molecule has 0 bridgehead atoms.